The Balaban J connectivity index is 2.49. The normalized spacial score (nSPS) is 39.0. The lowest BCUT2D eigenvalue weighted by Gasteiger charge is -2.39. The first kappa shape index (κ1) is 9.09. The van der Waals surface area contributed by atoms with Gasteiger partial charge in [0, 0.05) is 0 Å². The minimum atomic E-state index is 0.688. The van der Waals surface area contributed by atoms with Crippen LogP contribution in [0, 0.1) is 11.3 Å². The van der Waals surface area contributed by atoms with E-state index >= 15 is 0 Å². The van der Waals surface area contributed by atoms with Crippen LogP contribution in [0.25, 0.3) is 0 Å². The Bertz CT molecular complexity index is 113. The topological polar surface area (TPSA) is 0 Å². The zero-order valence-corrected chi connectivity index (χ0v) is 8.32. The first-order valence-corrected chi connectivity index (χ1v) is 5.19. The summed E-state index contributed by atoms with van der Waals surface area (Å²) >= 11 is 0. The van der Waals surface area contributed by atoms with E-state index < -0.39 is 0 Å². The second-order valence-corrected chi connectivity index (χ2v) is 4.55. The van der Waals surface area contributed by atoms with E-state index in [-0.39, 0.29) is 0 Å². The molecule has 1 aliphatic rings. The molecule has 0 nitrogen and oxygen atoms in total. The van der Waals surface area contributed by atoms with Gasteiger partial charge in [0.2, 0.25) is 0 Å². The van der Waals surface area contributed by atoms with E-state index in [1.165, 1.54) is 38.5 Å². The molecule has 1 rings (SSSR count). The highest BCUT2D eigenvalue weighted by Crippen LogP contribution is 2.43. The Morgan fingerprint density at radius 3 is 2.64 bits per heavy atom. The molecule has 11 heavy (non-hydrogen) atoms. The molecule has 0 spiro atoms. The zero-order valence-electron chi connectivity index (χ0n) is 8.32. The molecule has 0 N–H and O–H groups in total. The molecular weight excluding hydrogens is 132 g/mol. The molecule has 66 valence electrons. The van der Waals surface area contributed by atoms with Gasteiger partial charge in [-0.2, -0.15) is 0 Å². The predicted octanol–water partition coefficient (Wildman–Crippen LogP) is 4.00. The van der Waals surface area contributed by atoms with Gasteiger partial charge in [-0.15, -0.1) is 0 Å². The third-order valence-electron chi connectivity index (χ3n) is 3.65. The van der Waals surface area contributed by atoms with E-state index in [1.54, 1.807) is 0 Å². The predicted molar refractivity (Wildman–Crippen MR) is 50.6 cm³/mol. The van der Waals surface area contributed by atoms with E-state index in [0.29, 0.717) is 5.41 Å². The summed E-state index contributed by atoms with van der Waals surface area (Å²) in [5.74, 6) is 0.969. The van der Waals surface area contributed by atoms with Crippen LogP contribution >= 0.6 is 0 Å². The molecule has 0 bridgehead atoms. The van der Waals surface area contributed by atoms with E-state index in [0.717, 1.165) is 5.92 Å². The van der Waals surface area contributed by atoms with Crippen LogP contribution in [0.3, 0.4) is 0 Å². The van der Waals surface area contributed by atoms with Gasteiger partial charge in [-0.25, -0.2) is 0 Å². The minimum Gasteiger partial charge on any atom is -0.0654 e. The summed E-state index contributed by atoms with van der Waals surface area (Å²) < 4.78 is 0. The van der Waals surface area contributed by atoms with Crippen molar-refractivity contribution in [3.05, 3.63) is 0 Å². The fraction of sp³-hybridized carbons (Fsp3) is 1.00. The molecule has 0 aromatic heterocycles. The van der Waals surface area contributed by atoms with Crippen LogP contribution in [0.1, 0.15) is 59.3 Å². The van der Waals surface area contributed by atoms with Crippen molar-refractivity contribution in [2.24, 2.45) is 11.3 Å². The van der Waals surface area contributed by atoms with Gasteiger partial charge < -0.3 is 0 Å². The number of hydrogen-bond donors (Lipinski definition) is 0. The quantitative estimate of drug-likeness (QED) is 0.564. The highest BCUT2D eigenvalue weighted by molar-refractivity contribution is 4.83. The summed E-state index contributed by atoms with van der Waals surface area (Å²) in [7, 11) is 0. The average molecular weight is 154 g/mol. The van der Waals surface area contributed by atoms with Crippen LogP contribution in [-0.2, 0) is 0 Å². The molecule has 0 aliphatic heterocycles. The lowest BCUT2D eigenvalue weighted by molar-refractivity contribution is 0.117. The molecule has 1 aliphatic carbocycles. The summed E-state index contributed by atoms with van der Waals surface area (Å²) in [4.78, 5) is 0. The second kappa shape index (κ2) is 3.60. The number of hydrogen-bond acceptors (Lipinski definition) is 0. The van der Waals surface area contributed by atoms with E-state index in [9.17, 15) is 0 Å². The highest BCUT2D eigenvalue weighted by Gasteiger charge is 2.32. The van der Waals surface area contributed by atoms with Gasteiger partial charge in [0.25, 0.3) is 0 Å². The molecule has 2 unspecified atom stereocenters. The maximum Gasteiger partial charge on any atom is -0.0300 e. The Kier molecular flexibility index (Phi) is 2.98. The van der Waals surface area contributed by atoms with Gasteiger partial charge in [0.1, 0.15) is 0 Å². The Morgan fingerprint density at radius 2 is 2.09 bits per heavy atom. The second-order valence-electron chi connectivity index (χ2n) is 4.55. The first-order valence-electron chi connectivity index (χ1n) is 5.19. The van der Waals surface area contributed by atoms with Crippen molar-refractivity contribution in [2.45, 2.75) is 59.3 Å². The first-order chi connectivity index (χ1) is 5.19. The summed E-state index contributed by atoms with van der Waals surface area (Å²) in [6.07, 6.45) is 8.69. The molecule has 0 amide bonds. The van der Waals surface area contributed by atoms with Crippen LogP contribution in [0.5, 0.6) is 0 Å². The maximum atomic E-state index is 2.49. The summed E-state index contributed by atoms with van der Waals surface area (Å²) in [5, 5.41) is 0. The molecule has 0 saturated heterocycles. The summed E-state index contributed by atoms with van der Waals surface area (Å²) in [5.41, 5.74) is 0.688. The Hall–Kier alpha value is 0. The SMILES string of the molecule is CCCC1(C)CCCCC1C. The van der Waals surface area contributed by atoms with Crippen molar-refractivity contribution in [1.82, 2.24) is 0 Å². The third-order valence-corrected chi connectivity index (χ3v) is 3.65. The largest absolute Gasteiger partial charge is 0.0654 e. The molecule has 2 atom stereocenters. The van der Waals surface area contributed by atoms with Gasteiger partial charge in [-0.3, -0.25) is 0 Å². The van der Waals surface area contributed by atoms with Crippen LogP contribution in [0.4, 0.5) is 0 Å². The minimum absolute atomic E-state index is 0.688. The third kappa shape index (κ3) is 1.98. The molecule has 0 radical (unpaired) electrons. The molecule has 1 saturated carbocycles. The summed E-state index contributed by atoms with van der Waals surface area (Å²) in [6, 6.07) is 0. The van der Waals surface area contributed by atoms with Crippen LogP contribution in [0.15, 0.2) is 0 Å². The zero-order chi connectivity index (χ0) is 8.32. The van der Waals surface area contributed by atoms with Gasteiger partial charge in [-0.05, 0) is 24.2 Å². The van der Waals surface area contributed by atoms with Crippen molar-refractivity contribution < 1.29 is 0 Å². The fourth-order valence-electron chi connectivity index (χ4n) is 2.52. The van der Waals surface area contributed by atoms with Crippen LogP contribution in [0.2, 0.25) is 0 Å². The number of rotatable bonds is 2. The molecule has 0 aromatic rings. The molecular formula is C11H22. The fourth-order valence-corrected chi connectivity index (χ4v) is 2.52. The lowest BCUT2D eigenvalue weighted by atomic mass is 9.66. The molecule has 0 aromatic carbocycles. The van der Waals surface area contributed by atoms with E-state index in [2.05, 4.69) is 20.8 Å². The van der Waals surface area contributed by atoms with E-state index in [1.807, 2.05) is 0 Å². The van der Waals surface area contributed by atoms with Crippen LogP contribution in [-0.4, -0.2) is 0 Å². The average Bonchev–Trinajstić information content (AvgIpc) is 1.96. The molecule has 0 heterocycles. The Labute approximate surface area is 71.4 Å². The van der Waals surface area contributed by atoms with Gasteiger partial charge in [0.15, 0.2) is 0 Å². The Morgan fingerprint density at radius 1 is 1.36 bits per heavy atom. The standard InChI is InChI=1S/C11H22/c1-4-8-11(3)9-6-5-7-10(11)2/h10H,4-9H2,1-3H3. The van der Waals surface area contributed by atoms with Crippen molar-refractivity contribution in [3.8, 4) is 0 Å². The van der Waals surface area contributed by atoms with E-state index in [4.69, 9.17) is 0 Å². The lowest BCUT2D eigenvalue weighted by Crippen LogP contribution is -2.28. The summed E-state index contributed by atoms with van der Waals surface area (Å²) in [6.45, 7) is 7.24. The molecule has 0 heteroatoms. The highest BCUT2D eigenvalue weighted by atomic mass is 14.4. The van der Waals surface area contributed by atoms with Crippen molar-refractivity contribution in [2.75, 3.05) is 0 Å². The smallest absolute Gasteiger partial charge is 0.0300 e. The monoisotopic (exact) mass is 154 g/mol. The van der Waals surface area contributed by atoms with Crippen molar-refractivity contribution in [1.29, 1.82) is 0 Å². The molecule has 1 fully saturated rings. The van der Waals surface area contributed by atoms with Crippen molar-refractivity contribution >= 4 is 0 Å². The van der Waals surface area contributed by atoms with Gasteiger partial charge in [0.05, 0.1) is 0 Å². The van der Waals surface area contributed by atoms with Gasteiger partial charge in [-0.1, -0.05) is 46.5 Å². The maximum absolute atomic E-state index is 2.49. The van der Waals surface area contributed by atoms with Crippen molar-refractivity contribution in [3.63, 3.8) is 0 Å². The van der Waals surface area contributed by atoms with Crippen LogP contribution < -0.4 is 0 Å². The van der Waals surface area contributed by atoms with Gasteiger partial charge >= 0.3 is 0 Å².